The molecule has 0 aliphatic carbocycles. The van der Waals surface area contributed by atoms with Gasteiger partial charge < -0.3 is 83.2 Å². The number of hydrogen-bond acceptors (Lipinski definition) is 15. The van der Waals surface area contributed by atoms with E-state index in [4.69, 9.17) is 5.73 Å². The Morgan fingerprint density at radius 2 is 1.15 bits per heavy atom. The quantitative estimate of drug-likeness (QED) is 0.0443. The van der Waals surface area contributed by atoms with Crippen LogP contribution in [0.4, 0.5) is 0 Å². The highest BCUT2D eigenvalue weighted by molar-refractivity contribution is 5.98. The first-order valence-corrected chi connectivity index (χ1v) is 30.9. The minimum absolute atomic E-state index is 0.00271. The molecule has 5 aromatic rings. The zero-order valence-corrected chi connectivity index (χ0v) is 51.4. The number of nitrogens with one attached hydrogen (secondary N) is 8. The van der Waals surface area contributed by atoms with Crippen LogP contribution in [0.25, 0.3) is 10.9 Å². The lowest BCUT2D eigenvalue weighted by atomic mass is 9.96. The molecule has 25 heteroatoms. The number of carboxylic acid groups (broad SMARTS) is 1. The second-order valence-electron chi connectivity index (χ2n) is 23.6. The first-order chi connectivity index (χ1) is 43.6. The molecular formula is C66H86N10O15. The van der Waals surface area contributed by atoms with Crippen LogP contribution in [0.5, 0.6) is 17.2 Å². The smallest absolute Gasteiger partial charge is 0.326 e. The standard InChI is InChI=1S/C66H86N10O15/c1-40(2)30-55-65(89)76(37-59(83)70-56(66(90)91)33-43-19-25-49(81)26-20-43)29-11-7-5-3-4-6-8-12-44(35-68-46(38-77)31-41-15-21-47(79)22-16-41)60(84)72-54(34-45-36-69-51-14-10-9-13-50(45)51)63(87)75-57(39-78)64(88)71-52(27-28-58(67)82)61(85)73-53(62(86)74-55)32-42-17-23-48(80)24-18-42/h9-10,13-26,36,38,40,44,46,52-57,68-69,78-81H,3-8,11-12,27-35,37,39H2,1-2H3,(H2,67,82)(H,70,83)(H,71,88)(H,72,84)(H,73,85)(H,74,86)(H,75,87)(H,90,91)/t44-,46+,52+,53?,54+,55+,56+,57?/m1/s1. The molecule has 2 heterocycles. The maximum atomic E-state index is 14.9. The van der Waals surface area contributed by atoms with Crippen molar-refractivity contribution >= 4 is 70.4 Å². The number of carbonyl (C=O) groups excluding carboxylic acids is 9. The predicted octanol–water partition coefficient (Wildman–Crippen LogP) is 2.59. The Bertz CT molecular complexity index is 3250. The summed E-state index contributed by atoms with van der Waals surface area (Å²) in [5.74, 6) is -9.34. The number of aliphatic hydroxyl groups is 1. The first-order valence-electron chi connectivity index (χ1n) is 30.9. The topological polar surface area (TPSA) is 401 Å². The van der Waals surface area contributed by atoms with Gasteiger partial charge in [0.1, 0.15) is 59.8 Å². The molecule has 0 saturated carbocycles. The third kappa shape index (κ3) is 23.2. The first kappa shape index (κ1) is 70.7. The second kappa shape index (κ2) is 35.7. The Morgan fingerprint density at radius 3 is 1.75 bits per heavy atom. The number of fused-ring (bicyclic) bond motifs is 1. The number of benzene rings is 4. The minimum Gasteiger partial charge on any atom is -0.508 e. The highest BCUT2D eigenvalue weighted by atomic mass is 16.4. The van der Waals surface area contributed by atoms with E-state index in [1.54, 1.807) is 38.2 Å². The number of phenolic OH excluding ortho intramolecular Hbond substituents is 3. The predicted molar refractivity (Wildman–Crippen MR) is 336 cm³/mol. The lowest BCUT2D eigenvalue weighted by molar-refractivity contribution is -0.143. The number of aldehydes is 1. The number of hydrogen-bond donors (Lipinski definition) is 14. The number of para-hydroxylation sites is 1. The highest BCUT2D eigenvalue weighted by Gasteiger charge is 2.36. The zero-order valence-electron chi connectivity index (χ0n) is 51.4. The molecular weight excluding hydrogens is 1170 g/mol. The van der Waals surface area contributed by atoms with E-state index < -0.39 is 127 Å². The summed E-state index contributed by atoms with van der Waals surface area (Å²) in [6.45, 7) is 1.99. The van der Waals surface area contributed by atoms with Crippen LogP contribution in [-0.4, -0.2) is 163 Å². The Balaban J connectivity index is 1.34. The number of rotatable bonds is 22. The monoisotopic (exact) mass is 1260 g/mol. The molecule has 2 unspecified atom stereocenters. The Morgan fingerprint density at radius 1 is 0.637 bits per heavy atom. The number of aromatic amines is 1. The molecule has 1 fully saturated rings. The summed E-state index contributed by atoms with van der Waals surface area (Å²) in [6.07, 6.45) is 5.89. The van der Waals surface area contributed by atoms with Crippen LogP contribution >= 0.6 is 0 Å². The van der Waals surface area contributed by atoms with Gasteiger partial charge in [-0.2, -0.15) is 0 Å². The van der Waals surface area contributed by atoms with E-state index in [9.17, 15) is 73.5 Å². The number of nitrogens with zero attached hydrogens (tertiary/aromatic N) is 1. The van der Waals surface area contributed by atoms with Gasteiger partial charge in [0.2, 0.25) is 47.3 Å². The van der Waals surface area contributed by atoms with E-state index in [0.717, 1.165) is 35.6 Å². The van der Waals surface area contributed by atoms with Crippen molar-refractivity contribution in [2.24, 2.45) is 17.6 Å². The molecule has 490 valence electrons. The number of aliphatic hydroxyl groups excluding tert-OH is 1. The number of amides is 8. The summed E-state index contributed by atoms with van der Waals surface area (Å²) in [6, 6.07) is 15.3. The van der Waals surface area contributed by atoms with Crippen molar-refractivity contribution in [1.29, 1.82) is 0 Å². The molecule has 6 rings (SSSR count). The van der Waals surface area contributed by atoms with Gasteiger partial charge in [0, 0.05) is 55.9 Å². The fourth-order valence-corrected chi connectivity index (χ4v) is 10.8. The van der Waals surface area contributed by atoms with E-state index in [2.05, 4.69) is 42.2 Å². The number of phenols is 3. The van der Waals surface area contributed by atoms with Gasteiger partial charge in [0.05, 0.1) is 25.1 Å². The normalized spacial score (nSPS) is 20.6. The van der Waals surface area contributed by atoms with Gasteiger partial charge in [0.25, 0.3) is 0 Å². The third-order valence-electron chi connectivity index (χ3n) is 15.9. The number of carboxylic acids is 1. The van der Waals surface area contributed by atoms with Crippen LogP contribution in [0.1, 0.15) is 107 Å². The van der Waals surface area contributed by atoms with Crippen LogP contribution in [0.2, 0.25) is 0 Å². The lowest BCUT2D eigenvalue weighted by Crippen LogP contribution is -2.60. The summed E-state index contributed by atoms with van der Waals surface area (Å²) >= 11 is 0. The van der Waals surface area contributed by atoms with Crippen LogP contribution in [0.15, 0.2) is 103 Å². The number of primary amides is 1. The third-order valence-corrected chi connectivity index (χ3v) is 15.9. The van der Waals surface area contributed by atoms with Crippen molar-refractivity contribution in [2.45, 2.75) is 152 Å². The van der Waals surface area contributed by atoms with E-state index >= 15 is 0 Å². The highest BCUT2D eigenvalue weighted by Crippen LogP contribution is 2.22. The van der Waals surface area contributed by atoms with Crippen molar-refractivity contribution in [3.05, 3.63) is 126 Å². The molecule has 0 bridgehead atoms. The molecule has 4 aromatic carbocycles. The fourth-order valence-electron chi connectivity index (χ4n) is 10.8. The summed E-state index contributed by atoms with van der Waals surface area (Å²) < 4.78 is 0. The summed E-state index contributed by atoms with van der Waals surface area (Å²) in [5.41, 5.74) is 8.58. The molecule has 15 N–H and O–H groups in total. The van der Waals surface area contributed by atoms with Gasteiger partial charge in [-0.25, -0.2) is 4.79 Å². The molecule has 1 aliphatic heterocycles. The molecule has 25 nitrogen and oxygen atoms in total. The molecule has 91 heavy (non-hydrogen) atoms. The number of aromatic hydroxyl groups is 3. The number of H-pyrrole nitrogens is 1. The molecule has 1 aromatic heterocycles. The van der Waals surface area contributed by atoms with E-state index in [1.807, 2.05) is 18.2 Å². The van der Waals surface area contributed by atoms with Gasteiger partial charge in [-0.05, 0) is 103 Å². The van der Waals surface area contributed by atoms with Gasteiger partial charge in [0.15, 0.2) is 0 Å². The van der Waals surface area contributed by atoms with Gasteiger partial charge in [-0.15, -0.1) is 0 Å². The summed E-state index contributed by atoms with van der Waals surface area (Å²) in [5, 5.41) is 70.5. The average Bonchev–Trinajstić information content (AvgIpc) is 2.40. The molecule has 1 saturated heterocycles. The van der Waals surface area contributed by atoms with Gasteiger partial charge >= 0.3 is 5.97 Å². The number of nitrogens with two attached hydrogens (primary N) is 1. The number of aromatic nitrogens is 1. The number of carbonyl (C=O) groups is 10. The minimum atomic E-state index is -1.77. The maximum Gasteiger partial charge on any atom is 0.326 e. The zero-order chi connectivity index (χ0) is 66.0. The van der Waals surface area contributed by atoms with E-state index in [0.29, 0.717) is 55.2 Å². The summed E-state index contributed by atoms with van der Waals surface area (Å²) in [7, 11) is 0. The fraction of sp³-hybridized carbons (Fsp3) is 0.455. The molecule has 8 amide bonds. The SMILES string of the molecule is CC(C)C[C@@H]1NC(=O)C(Cc2ccc(O)cc2)NC(=O)[C@H](CCC(N)=O)NC(=O)C(CO)NC(=O)[C@H](Cc2c[nH]c3ccccc23)NC(=O)[C@@H](CN[C@H](C=O)Cc2ccc(O)cc2)CCCCCCCCCN(CC(=O)N[C@@H](Cc2ccc(O)cc2)C(=O)O)C1=O. The van der Waals surface area contributed by atoms with Crippen molar-refractivity contribution in [3.8, 4) is 17.2 Å². The lowest BCUT2D eigenvalue weighted by Gasteiger charge is -2.30. The van der Waals surface area contributed by atoms with Gasteiger partial charge in [-0.3, -0.25) is 38.4 Å². The molecule has 0 radical (unpaired) electrons. The van der Waals surface area contributed by atoms with E-state index in [1.165, 1.54) is 65.6 Å². The van der Waals surface area contributed by atoms with Crippen molar-refractivity contribution < 1.29 is 73.5 Å². The van der Waals surface area contributed by atoms with Crippen LogP contribution in [0.3, 0.4) is 0 Å². The van der Waals surface area contributed by atoms with Crippen molar-refractivity contribution in [1.82, 2.24) is 47.1 Å². The second-order valence-corrected chi connectivity index (χ2v) is 23.6. The maximum absolute atomic E-state index is 14.9. The molecule has 0 spiro atoms. The largest absolute Gasteiger partial charge is 0.508 e. The molecule has 8 atom stereocenters. The number of aliphatic carboxylic acids is 1. The van der Waals surface area contributed by atoms with Gasteiger partial charge in [-0.1, -0.05) is 107 Å². The van der Waals surface area contributed by atoms with Crippen molar-refractivity contribution in [2.75, 3.05) is 26.2 Å². The Hall–Kier alpha value is -9.36. The Labute approximate surface area is 528 Å². The van der Waals surface area contributed by atoms with E-state index in [-0.39, 0.29) is 68.4 Å². The summed E-state index contributed by atoms with van der Waals surface area (Å²) in [4.78, 5) is 144. The average molecular weight is 1260 g/mol. The van der Waals surface area contributed by atoms with Crippen molar-refractivity contribution in [3.63, 3.8) is 0 Å². The Kier molecular flexibility index (Phi) is 27.8. The van der Waals surface area contributed by atoms with Crippen LogP contribution in [0, 0.1) is 11.8 Å². The molecule has 1 aliphatic rings. The van der Waals surface area contributed by atoms with Crippen LogP contribution < -0.4 is 43.0 Å². The van der Waals surface area contributed by atoms with Crippen LogP contribution in [-0.2, 0) is 73.6 Å².